The summed E-state index contributed by atoms with van der Waals surface area (Å²) in [5.41, 5.74) is 0.813. The zero-order valence-corrected chi connectivity index (χ0v) is 7.61. The van der Waals surface area contributed by atoms with Crippen LogP contribution in [0, 0.1) is 0 Å². The Bertz CT molecular complexity index is 145. The number of carboxylic acids is 1. The Morgan fingerprint density at radius 2 is 1.83 bits per heavy atom. The molecule has 0 aromatic carbocycles. The molecule has 0 aliphatic rings. The Morgan fingerprint density at radius 3 is 1.83 bits per heavy atom. The minimum atomic E-state index is -0.875. The number of carbonyl (C=O) groups is 1. The molecule has 0 aromatic heterocycles. The van der Waals surface area contributed by atoms with Crippen molar-refractivity contribution in [2.75, 3.05) is 6.61 Å². The van der Waals surface area contributed by atoms with Crippen LogP contribution in [-0.4, -0.2) is 34.0 Å². The zero-order chi connectivity index (χ0) is 10.1. The highest BCUT2D eigenvalue weighted by Gasteiger charge is 1.84. The van der Waals surface area contributed by atoms with Gasteiger partial charge < -0.3 is 15.3 Å². The summed E-state index contributed by atoms with van der Waals surface area (Å²) in [5.74, 6) is -0.875. The standard InChI is InChI=1S/C5H8O2.C3H8O2/c1-4(2)3-5(6)7;1-3(5)2-4/h3H,1-2H3,(H,6,7);3-5H,2H2,1H3. The quantitative estimate of drug-likeness (QED) is 0.532. The summed E-state index contributed by atoms with van der Waals surface area (Å²) in [6, 6.07) is 0. The van der Waals surface area contributed by atoms with E-state index in [1.165, 1.54) is 13.0 Å². The molecule has 0 aliphatic carbocycles. The smallest absolute Gasteiger partial charge is 0.328 e. The fourth-order valence-corrected chi connectivity index (χ4v) is 0.247. The predicted molar refractivity (Wildman–Crippen MR) is 45.8 cm³/mol. The summed E-state index contributed by atoms with van der Waals surface area (Å²) >= 11 is 0. The third kappa shape index (κ3) is 22.9. The monoisotopic (exact) mass is 176 g/mol. The SMILES string of the molecule is CC(C)=CC(=O)O.CC(O)CO. The van der Waals surface area contributed by atoms with Crippen molar-refractivity contribution in [2.45, 2.75) is 26.9 Å². The number of allylic oxidation sites excluding steroid dienone is 1. The van der Waals surface area contributed by atoms with Crippen molar-refractivity contribution in [3.05, 3.63) is 11.6 Å². The van der Waals surface area contributed by atoms with Crippen LogP contribution < -0.4 is 0 Å². The van der Waals surface area contributed by atoms with Gasteiger partial charge in [0.2, 0.25) is 0 Å². The first-order valence-electron chi connectivity index (χ1n) is 3.57. The second-order valence-corrected chi connectivity index (χ2v) is 2.59. The lowest BCUT2D eigenvalue weighted by Gasteiger charge is -1.90. The van der Waals surface area contributed by atoms with E-state index in [-0.39, 0.29) is 6.61 Å². The minimum absolute atomic E-state index is 0.139. The molecule has 4 heteroatoms. The van der Waals surface area contributed by atoms with Crippen molar-refractivity contribution in [3.63, 3.8) is 0 Å². The van der Waals surface area contributed by atoms with Crippen LogP contribution in [0.3, 0.4) is 0 Å². The van der Waals surface area contributed by atoms with Crippen molar-refractivity contribution in [3.8, 4) is 0 Å². The van der Waals surface area contributed by atoms with Crippen LogP contribution in [0.2, 0.25) is 0 Å². The van der Waals surface area contributed by atoms with Gasteiger partial charge in [-0.25, -0.2) is 4.79 Å². The lowest BCUT2D eigenvalue weighted by molar-refractivity contribution is -0.131. The molecule has 72 valence electrons. The number of aliphatic hydroxyl groups excluding tert-OH is 2. The van der Waals surface area contributed by atoms with E-state index in [2.05, 4.69) is 0 Å². The number of aliphatic carboxylic acids is 1. The second kappa shape index (κ2) is 8.23. The van der Waals surface area contributed by atoms with Crippen molar-refractivity contribution in [1.82, 2.24) is 0 Å². The van der Waals surface area contributed by atoms with Crippen molar-refractivity contribution in [2.24, 2.45) is 0 Å². The van der Waals surface area contributed by atoms with Gasteiger partial charge in [0.15, 0.2) is 0 Å². The maximum atomic E-state index is 9.73. The van der Waals surface area contributed by atoms with E-state index in [0.717, 1.165) is 5.57 Å². The van der Waals surface area contributed by atoms with Crippen LogP contribution in [0.5, 0.6) is 0 Å². The fourth-order valence-electron chi connectivity index (χ4n) is 0.247. The predicted octanol–water partition coefficient (Wildman–Crippen LogP) is 0.397. The van der Waals surface area contributed by atoms with Gasteiger partial charge in [-0.2, -0.15) is 0 Å². The van der Waals surface area contributed by atoms with E-state index < -0.39 is 12.1 Å². The topological polar surface area (TPSA) is 77.8 Å². The van der Waals surface area contributed by atoms with Gasteiger partial charge in [-0.15, -0.1) is 0 Å². The van der Waals surface area contributed by atoms with Crippen molar-refractivity contribution >= 4 is 5.97 Å². The minimum Gasteiger partial charge on any atom is -0.478 e. The van der Waals surface area contributed by atoms with E-state index in [1.54, 1.807) is 13.8 Å². The van der Waals surface area contributed by atoms with Crippen molar-refractivity contribution < 1.29 is 20.1 Å². The van der Waals surface area contributed by atoms with Crippen LogP contribution in [0.25, 0.3) is 0 Å². The number of aliphatic hydroxyl groups is 2. The normalized spacial score (nSPS) is 10.8. The highest BCUT2D eigenvalue weighted by atomic mass is 16.4. The van der Waals surface area contributed by atoms with Crippen LogP contribution in [0.1, 0.15) is 20.8 Å². The Kier molecular flexibility index (Phi) is 9.40. The lowest BCUT2D eigenvalue weighted by Crippen LogP contribution is -2.03. The number of carboxylic acid groups (broad SMARTS) is 1. The third-order valence-electron chi connectivity index (χ3n) is 0.676. The molecule has 0 aliphatic heterocycles. The molecule has 0 heterocycles. The molecular formula is C8H16O4. The van der Waals surface area contributed by atoms with E-state index in [0.29, 0.717) is 0 Å². The molecule has 1 unspecified atom stereocenters. The van der Waals surface area contributed by atoms with Gasteiger partial charge in [-0.1, -0.05) is 5.57 Å². The average molecular weight is 176 g/mol. The molecule has 12 heavy (non-hydrogen) atoms. The van der Waals surface area contributed by atoms with Crippen LogP contribution in [0.15, 0.2) is 11.6 Å². The largest absolute Gasteiger partial charge is 0.478 e. The maximum absolute atomic E-state index is 9.73. The Morgan fingerprint density at radius 1 is 1.50 bits per heavy atom. The first-order valence-corrected chi connectivity index (χ1v) is 3.57. The number of hydrogen-bond donors (Lipinski definition) is 3. The van der Waals surface area contributed by atoms with Gasteiger partial charge in [-0.3, -0.25) is 0 Å². The Balaban J connectivity index is 0. The molecule has 0 fully saturated rings. The van der Waals surface area contributed by atoms with Gasteiger partial charge in [0.1, 0.15) is 0 Å². The summed E-state index contributed by atoms with van der Waals surface area (Å²) in [5, 5.41) is 24.0. The molecular weight excluding hydrogens is 160 g/mol. The first kappa shape index (κ1) is 13.7. The molecule has 4 nitrogen and oxygen atoms in total. The van der Waals surface area contributed by atoms with Crippen LogP contribution in [0.4, 0.5) is 0 Å². The zero-order valence-electron chi connectivity index (χ0n) is 7.61. The molecule has 1 atom stereocenters. The highest BCUT2D eigenvalue weighted by molar-refractivity contribution is 5.80. The summed E-state index contributed by atoms with van der Waals surface area (Å²) in [4.78, 5) is 9.73. The molecule has 0 aromatic rings. The summed E-state index contributed by atoms with van der Waals surface area (Å²) in [7, 11) is 0. The Hall–Kier alpha value is -0.870. The molecule has 0 radical (unpaired) electrons. The van der Waals surface area contributed by atoms with Crippen LogP contribution in [-0.2, 0) is 4.79 Å². The van der Waals surface area contributed by atoms with E-state index in [4.69, 9.17) is 15.3 Å². The third-order valence-corrected chi connectivity index (χ3v) is 0.676. The van der Waals surface area contributed by atoms with E-state index in [1.807, 2.05) is 0 Å². The number of rotatable bonds is 2. The van der Waals surface area contributed by atoms with Gasteiger partial charge >= 0.3 is 5.97 Å². The lowest BCUT2D eigenvalue weighted by atomic mass is 10.3. The highest BCUT2D eigenvalue weighted by Crippen LogP contribution is 1.85. The van der Waals surface area contributed by atoms with Gasteiger partial charge in [-0.05, 0) is 20.8 Å². The first-order chi connectivity index (χ1) is 5.40. The Labute approximate surface area is 72.2 Å². The molecule has 0 spiro atoms. The van der Waals surface area contributed by atoms with E-state index >= 15 is 0 Å². The molecule has 0 amide bonds. The molecule has 0 rings (SSSR count). The fraction of sp³-hybridized carbons (Fsp3) is 0.625. The van der Waals surface area contributed by atoms with Crippen LogP contribution >= 0.6 is 0 Å². The maximum Gasteiger partial charge on any atom is 0.328 e. The summed E-state index contributed by atoms with van der Waals surface area (Å²) < 4.78 is 0. The summed E-state index contributed by atoms with van der Waals surface area (Å²) in [6.45, 7) is 4.88. The van der Waals surface area contributed by atoms with Gasteiger partial charge in [0.25, 0.3) is 0 Å². The van der Waals surface area contributed by atoms with Gasteiger partial charge in [0.05, 0.1) is 12.7 Å². The average Bonchev–Trinajstić information content (AvgIpc) is 1.85. The second-order valence-electron chi connectivity index (χ2n) is 2.59. The molecule has 0 bridgehead atoms. The summed E-state index contributed by atoms with van der Waals surface area (Å²) in [6.07, 6.45) is 0.606. The van der Waals surface area contributed by atoms with Crippen molar-refractivity contribution in [1.29, 1.82) is 0 Å². The number of hydrogen-bond acceptors (Lipinski definition) is 3. The molecule has 0 saturated carbocycles. The molecule has 3 N–H and O–H groups in total. The molecule has 0 saturated heterocycles. The van der Waals surface area contributed by atoms with E-state index in [9.17, 15) is 4.79 Å². The van der Waals surface area contributed by atoms with Gasteiger partial charge in [0, 0.05) is 6.08 Å².